The fourth-order valence-corrected chi connectivity index (χ4v) is 2.28. The summed E-state index contributed by atoms with van der Waals surface area (Å²) in [5.74, 6) is 0. The maximum absolute atomic E-state index is 4.57. The van der Waals surface area contributed by atoms with Crippen molar-refractivity contribution in [3.8, 4) is 0 Å². The van der Waals surface area contributed by atoms with Gasteiger partial charge in [-0.2, -0.15) is 0 Å². The zero-order chi connectivity index (χ0) is 11.0. The van der Waals surface area contributed by atoms with E-state index in [1.165, 1.54) is 19.3 Å². The molecule has 2 heterocycles. The van der Waals surface area contributed by atoms with Gasteiger partial charge in [-0.05, 0) is 25.0 Å². The Labute approximate surface area is 103 Å². The van der Waals surface area contributed by atoms with Gasteiger partial charge < -0.3 is 9.72 Å². The van der Waals surface area contributed by atoms with Crippen LogP contribution in [0.25, 0.3) is 5.65 Å². The van der Waals surface area contributed by atoms with Crippen molar-refractivity contribution < 1.29 is 0 Å². The highest BCUT2D eigenvalue weighted by Crippen LogP contribution is 2.19. The monoisotopic (exact) mass is 279 g/mol. The number of hydrogen-bond donors (Lipinski definition) is 1. The largest absolute Gasteiger partial charge is 0.308 e. The maximum atomic E-state index is 4.57. The maximum Gasteiger partial charge on any atom is 0.138 e. The van der Waals surface area contributed by atoms with Crippen LogP contribution in [0.1, 0.15) is 25.0 Å². The van der Waals surface area contributed by atoms with Crippen molar-refractivity contribution in [3.05, 3.63) is 34.7 Å². The molecule has 1 aliphatic carbocycles. The Kier molecular flexibility index (Phi) is 2.69. The van der Waals surface area contributed by atoms with E-state index in [2.05, 4.69) is 36.8 Å². The first-order chi connectivity index (χ1) is 7.81. The van der Waals surface area contributed by atoms with Gasteiger partial charge >= 0.3 is 0 Å². The molecule has 16 heavy (non-hydrogen) atoms. The molecule has 2 aromatic heterocycles. The van der Waals surface area contributed by atoms with Crippen molar-refractivity contribution in [2.75, 3.05) is 0 Å². The summed E-state index contributed by atoms with van der Waals surface area (Å²) >= 11 is 3.46. The van der Waals surface area contributed by atoms with Crippen LogP contribution in [-0.4, -0.2) is 15.4 Å². The summed E-state index contributed by atoms with van der Waals surface area (Å²) in [6.45, 7) is 0.879. The van der Waals surface area contributed by atoms with Crippen LogP contribution < -0.4 is 5.32 Å². The third-order valence-corrected chi connectivity index (χ3v) is 3.64. The molecule has 84 valence electrons. The summed E-state index contributed by atoms with van der Waals surface area (Å²) in [7, 11) is 0. The third kappa shape index (κ3) is 1.99. The Balaban J connectivity index is 1.76. The van der Waals surface area contributed by atoms with Gasteiger partial charge in [0.25, 0.3) is 0 Å². The molecule has 4 heteroatoms. The van der Waals surface area contributed by atoms with Gasteiger partial charge in [0.2, 0.25) is 0 Å². The molecule has 0 aliphatic heterocycles. The smallest absolute Gasteiger partial charge is 0.138 e. The van der Waals surface area contributed by atoms with Crippen molar-refractivity contribution in [1.29, 1.82) is 0 Å². The number of imidazole rings is 1. The lowest BCUT2D eigenvalue weighted by molar-refractivity contribution is 0.337. The molecular weight excluding hydrogens is 266 g/mol. The summed E-state index contributed by atoms with van der Waals surface area (Å²) in [4.78, 5) is 4.57. The molecule has 0 amide bonds. The van der Waals surface area contributed by atoms with Crippen LogP contribution in [0.4, 0.5) is 0 Å². The van der Waals surface area contributed by atoms with Crippen molar-refractivity contribution in [2.45, 2.75) is 31.8 Å². The first-order valence-corrected chi connectivity index (χ1v) is 6.47. The van der Waals surface area contributed by atoms with Crippen LogP contribution >= 0.6 is 15.9 Å². The molecule has 2 aromatic rings. The first kappa shape index (κ1) is 10.3. The number of nitrogens with zero attached hydrogens (tertiary/aromatic N) is 2. The predicted molar refractivity (Wildman–Crippen MR) is 67.4 cm³/mol. The van der Waals surface area contributed by atoms with Crippen molar-refractivity contribution in [3.63, 3.8) is 0 Å². The van der Waals surface area contributed by atoms with Gasteiger partial charge in [-0.25, -0.2) is 4.98 Å². The zero-order valence-corrected chi connectivity index (χ0v) is 10.6. The van der Waals surface area contributed by atoms with Gasteiger partial charge in [-0.3, -0.25) is 0 Å². The Morgan fingerprint density at radius 3 is 3.12 bits per heavy atom. The number of nitrogens with one attached hydrogen (secondary N) is 1. The Morgan fingerprint density at radius 2 is 2.38 bits per heavy atom. The van der Waals surface area contributed by atoms with E-state index < -0.39 is 0 Å². The molecule has 0 radical (unpaired) electrons. The highest BCUT2D eigenvalue weighted by atomic mass is 79.9. The van der Waals surface area contributed by atoms with Gasteiger partial charge in [0.15, 0.2) is 0 Å². The Morgan fingerprint density at radius 1 is 1.50 bits per heavy atom. The summed E-state index contributed by atoms with van der Waals surface area (Å²) < 4.78 is 3.13. The number of halogens is 1. The standard InChI is InChI=1S/C12H14BrN3/c13-9-4-5-16-8-11(15-12(16)6-9)7-14-10-2-1-3-10/h4-6,8,10,14H,1-3,7H2. The minimum Gasteiger partial charge on any atom is -0.308 e. The van der Waals surface area contributed by atoms with Gasteiger partial charge in [-0.15, -0.1) is 0 Å². The van der Waals surface area contributed by atoms with Crippen molar-refractivity contribution in [2.24, 2.45) is 0 Å². The average molecular weight is 280 g/mol. The normalized spacial score (nSPS) is 16.6. The molecule has 0 spiro atoms. The third-order valence-electron chi connectivity index (χ3n) is 3.15. The highest BCUT2D eigenvalue weighted by molar-refractivity contribution is 9.10. The first-order valence-electron chi connectivity index (χ1n) is 5.68. The topological polar surface area (TPSA) is 29.3 Å². The van der Waals surface area contributed by atoms with E-state index in [1.54, 1.807) is 0 Å². The van der Waals surface area contributed by atoms with Gasteiger partial charge in [0.05, 0.1) is 5.69 Å². The van der Waals surface area contributed by atoms with Crippen LogP contribution in [0.2, 0.25) is 0 Å². The molecule has 1 aliphatic rings. The van der Waals surface area contributed by atoms with E-state index in [9.17, 15) is 0 Å². The van der Waals surface area contributed by atoms with Crippen LogP contribution in [0.15, 0.2) is 29.0 Å². The van der Waals surface area contributed by atoms with E-state index in [4.69, 9.17) is 0 Å². The second-order valence-electron chi connectivity index (χ2n) is 4.35. The fourth-order valence-electron chi connectivity index (χ4n) is 1.96. The lowest BCUT2D eigenvalue weighted by Gasteiger charge is -2.26. The van der Waals surface area contributed by atoms with Gasteiger partial charge in [0.1, 0.15) is 5.65 Å². The summed E-state index contributed by atoms with van der Waals surface area (Å²) in [5.41, 5.74) is 2.12. The van der Waals surface area contributed by atoms with E-state index in [-0.39, 0.29) is 0 Å². The molecule has 0 atom stereocenters. The SMILES string of the molecule is Brc1ccn2cc(CNC3CCC3)nc2c1. The van der Waals surface area contributed by atoms with E-state index in [0.29, 0.717) is 0 Å². The minimum atomic E-state index is 0.719. The van der Waals surface area contributed by atoms with E-state index in [0.717, 1.165) is 28.4 Å². The lowest BCUT2D eigenvalue weighted by atomic mass is 9.93. The number of aromatic nitrogens is 2. The lowest BCUT2D eigenvalue weighted by Crippen LogP contribution is -2.34. The molecule has 0 saturated heterocycles. The molecule has 0 unspecified atom stereocenters. The predicted octanol–water partition coefficient (Wildman–Crippen LogP) is 2.74. The summed E-state index contributed by atoms with van der Waals surface area (Å²) in [6.07, 6.45) is 8.13. The second kappa shape index (κ2) is 4.18. The van der Waals surface area contributed by atoms with Gasteiger partial charge in [-0.1, -0.05) is 22.4 Å². The molecule has 3 rings (SSSR count). The Hall–Kier alpha value is -0.870. The van der Waals surface area contributed by atoms with Crippen molar-refractivity contribution >= 4 is 21.6 Å². The number of hydrogen-bond acceptors (Lipinski definition) is 2. The zero-order valence-electron chi connectivity index (χ0n) is 8.99. The number of rotatable bonds is 3. The number of fused-ring (bicyclic) bond motifs is 1. The second-order valence-corrected chi connectivity index (χ2v) is 5.27. The van der Waals surface area contributed by atoms with Crippen LogP contribution in [0, 0.1) is 0 Å². The van der Waals surface area contributed by atoms with Crippen LogP contribution in [0.3, 0.4) is 0 Å². The van der Waals surface area contributed by atoms with Crippen molar-refractivity contribution in [1.82, 2.24) is 14.7 Å². The summed E-state index contributed by atoms with van der Waals surface area (Å²) in [6, 6.07) is 4.78. The quantitative estimate of drug-likeness (QED) is 0.936. The van der Waals surface area contributed by atoms with Crippen LogP contribution in [-0.2, 0) is 6.54 Å². The van der Waals surface area contributed by atoms with E-state index in [1.807, 2.05) is 18.3 Å². The number of pyridine rings is 1. The van der Waals surface area contributed by atoms with Gasteiger partial charge in [0, 0.05) is 29.5 Å². The minimum absolute atomic E-state index is 0.719. The molecule has 0 bridgehead atoms. The van der Waals surface area contributed by atoms with Crippen LogP contribution in [0.5, 0.6) is 0 Å². The molecule has 0 aromatic carbocycles. The highest BCUT2D eigenvalue weighted by Gasteiger charge is 2.16. The summed E-state index contributed by atoms with van der Waals surface area (Å²) in [5, 5.41) is 3.52. The van der Waals surface area contributed by atoms with E-state index >= 15 is 0 Å². The molecular formula is C12H14BrN3. The average Bonchev–Trinajstić information content (AvgIpc) is 2.57. The molecule has 1 fully saturated rings. The Bertz CT molecular complexity index is 502. The fraction of sp³-hybridized carbons (Fsp3) is 0.417. The molecule has 1 saturated carbocycles. The molecule has 1 N–H and O–H groups in total. The molecule has 3 nitrogen and oxygen atoms in total.